The van der Waals surface area contributed by atoms with Gasteiger partial charge in [0.15, 0.2) is 5.16 Å². The van der Waals surface area contributed by atoms with E-state index < -0.39 is 40.5 Å². The first-order valence-electron chi connectivity index (χ1n) is 7.12. The maximum atomic E-state index is 13.0. The fraction of sp³-hybridized carbons (Fsp3) is 0.267. The number of aromatic nitrogens is 2. The molecule has 0 aliphatic heterocycles. The van der Waals surface area contributed by atoms with Crippen LogP contribution in [0.5, 0.6) is 0 Å². The summed E-state index contributed by atoms with van der Waals surface area (Å²) >= 11 is 6.13. The minimum atomic E-state index is -4.76. The van der Waals surface area contributed by atoms with Gasteiger partial charge in [0.25, 0.3) is 0 Å². The molecule has 0 spiro atoms. The van der Waals surface area contributed by atoms with Gasteiger partial charge in [-0.25, -0.2) is 9.97 Å². The Morgan fingerprint density at radius 3 is 2.41 bits per heavy atom. The Morgan fingerprint density at radius 1 is 1.15 bits per heavy atom. The predicted molar refractivity (Wildman–Crippen MR) is 87.4 cm³/mol. The van der Waals surface area contributed by atoms with Gasteiger partial charge < -0.3 is 5.32 Å². The average Bonchev–Trinajstić information content (AvgIpc) is 2.55. The average molecular weight is 430 g/mol. The SMILES string of the molecule is CC(Sc1nccc(C(F)(F)F)n1)C(=O)Nc1ccc(Cl)cc1C(F)(F)F. The van der Waals surface area contributed by atoms with Crippen LogP contribution in [0.2, 0.25) is 5.02 Å². The van der Waals surface area contributed by atoms with Crippen molar-refractivity contribution in [3.8, 4) is 0 Å². The van der Waals surface area contributed by atoms with Crippen LogP contribution in [0.3, 0.4) is 0 Å². The van der Waals surface area contributed by atoms with E-state index in [0.29, 0.717) is 23.9 Å². The molecule has 1 unspecified atom stereocenters. The van der Waals surface area contributed by atoms with E-state index in [0.717, 1.165) is 12.3 Å². The van der Waals surface area contributed by atoms with Crippen molar-refractivity contribution >= 4 is 35.0 Å². The van der Waals surface area contributed by atoms with Gasteiger partial charge in [0.2, 0.25) is 5.91 Å². The summed E-state index contributed by atoms with van der Waals surface area (Å²) in [5, 5.41) is 0.528. The number of thioether (sulfide) groups is 1. The molecule has 1 aromatic heterocycles. The van der Waals surface area contributed by atoms with Gasteiger partial charge in [-0.3, -0.25) is 4.79 Å². The summed E-state index contributed by atoms with van der Waals surface area (Å²) in [4.78, 5) is 19.1. The third kappa shape index (κ3) is 5.73. The van der Waals surface area contributed by atoms with Crippen LogP contribution in [0.15, 0.2) is 35.6 Å². The lowest BCUT2D eigenvalue weighted by molar-refractivity contribution is -0.141. The molecule has 1 N–H and O–H groups in total. The van der Waals surface area contributed by atoms with Gasteiger partial charge in [-0.15, -0.1) is 0 Å². The highest BCUT2D eigenvalue weighted by Gasteiger charge is 2.35. The van der Waals surface area contributed by atoms with Gasteiger partial charge in [0.1, 0.15) is 5.69 Å². The Kier molecular flexibility index (Phi) is 6.25. The molecule has 0 saturated carbocycles. The minimum Gasteiger partial charge on any atom is -0.325 e. The number of halogens is 7. The van der Waals surface area contributed by atoms with Crippen LogP contribution in [-0.4, -0.2) is 21.1 Å². The maximum Gasteiger partial charge on any atom is 0.433 e. The summed E-state index contributed by atoms with van der Waals surface area (Å²) < 4.78 is 77.1. The number of rotatable bonds is 4. The highest BCUT2D eigenvalue weighted by atomic mass is 35.5. The lowest BCUT2D eigenvalue weighted by atomic mass is 10.1. The molecule has 1 heterocycles. The fourth-order valence-corrected chi connectivity index (χ4v) is 2.79. The van der Waals surface area contributed by atoms with E-state index in [1.807, 2.05) is 0 Å². The molecule has 1 amide bonds. The molecule has 4 nitrogen and oxygen atoms in total. The number of benzene rings is 1. The molecule has 146 valence electrons. The molecule has 0 bridgehead atoms. The first-order valence-corrected chi connectivity index (χ1v) is 8.38. The highest BCUT2D eigenvalue weighted by molar-refractivity contribution is 8.00. The minimum absolute atomic E-state index is 0.167. The predicted octanol–water partition coefficient (Wildman–Crippen LogP) is 5.29. The van der Waals surface area contributed by atoms with Crippen LogP contribution in [0.25, 0.3) is 0 Å². The summed E-state index contributed by atoms with van der Waals surface area (Å²) in [7, 11) is 0. The smallest absolute Gasteiger partial charge is 0.325 e. The molecule has 1 aromatic carbocycles. The zero-order valence-corrected chi connectivity index (χ0v) is 14.9. The second kappa shape index (κ2) is 7.93. The first-order chi connectivity index (χ1) is 12.4. The molecular formula is C15H10ClF6N3OS. The van der Waals surface area contributed by atoms with E-state index in [-0.39, 0.29) is 10.2 Å². The van der Waals surface area contributed by atoms with E-state index in [4.69, 9.17) is 11.6 Å². The molecule has 1 atom stereocenters. The summed E-state index contributed by atoms with van der Waals surface area (Å²) in [6.07, 6.45) is -8.56. The van der Waals surface area contributed by atoms with E-state index in [1.54, 1.807) is 0 Å². The number of anilines is 1. The van der Waals surface area contributed by atoms with Crippen molar-refractivity contribution in [2.75, 3.05) is 5.32 Å². The van der Waals surface area contributed by atoms with Crippen molar-refractivity contribution in [2.24, 2.45) is 0 Å². The van der Waals surface area contributed by atoms with Gasteiger partial charge >= 0.3 is 12.4 Å². The quantitative estimate of drug-likeness (QED) is 0.408. The number of amides is 1. The molecule has 0 saturated heterocycles. The summed E-state index contributed by atoms with van der Waals surface area (Å²) in [5.74, 6) is -0.867. The van der Waals surface area contributed by atoms with Crippen molar-refractivity contribution in [3.05, 3.63) is 46.7 Å². The Hall–Kier alpha value is -2.01. The summed E-state index contributed by atoms with van der Waals surface area (Å²) in [6.45, 7) is 1.30. The van der Waals surface area contributed by atoms with E-state index in [1.165, 1.54) is 13.0 Å². The molecular weight excluding hydrogens is 420 g/mol. The molecule has 0 fully saturated rings. The first kappa shape index (κ1) is 21.3. The Bertz CT molecular complexity index is 843. The summed E-state index contributed by atoms with van der Waals surface area (Å²) in [6, 6.07) is 3.48. The molecule has 0 aliphatic rings. The monoisotopic (exact) mass is 429 g/mol. The number of hydrogen-bond acceptors (Lipinski definition) is 4. The molecule has 12 heteroatoms. The zero-order valence-electron chi connectivity index (χ0n) is 13.3. The van der Waals surface area contributed by atoms with Gasteiger partial charge in [-0.05, 0) is 31.2 Å². The van der Waals surface area contributed by atoms with Crippen LogP contribution >= 0.6 is 23.4 Å². The summed E-state index contributed by atoms with van der Waals surface area (Å²) in [5.41, 5.74) is -2.85. The normalized spacial score (nSPS) is 13.3. The van der Waals surface area contributed by atoms with Crippen molar-refractivity contribution in [3.63, 3.8) is 0 Å². The number of alkyl halides is 6. The topological polar surface area (TPSA) is 54.9 Å². The van der Waals surface area contributed by atoms with Crippen molar-refractivity contribution < 1.29 is 31.1 Å². The van der Waals surface area contributed by atoms with Crippen LogP contribution in [0, 0.1) is 0 Å². The molecule has 0 aliphatic carbocycles. The number of nitrogens with one attached hydrogen (secondary N) is 1. The zero-order chi connectivity index (χ0) is 20.4. The van der Waals surface area contributed by atoms with Gasteiger partial charge in [0.05, 0.1) is 16.5 Å². The number of carbonyl (C=O) groups is 1. The van der Waals surface area contributed by atoms with Crippen LogP contribution < -0.4 is 5.32 Å². The standard InChI is InChI=1S/C15H10ClF6N3OS/c1-7(27-13-23-5-4-11(25-13)15(20,21)22)12(26)24-10-3-2-8(16)6-9(10)14(17,18)19/h2-7H,1H3,(H,24,26). The van der Waals surface area contributed by atoms with Crippen molar-refractivity contribution in [1.82, 2.24) is 9.97 Å². The fourth-order valence-electron chi connectivity index (χ4n) is 1.86. The maximum absolute atomic E-state index is 13.0. The Balaban J connectivity index is 2.16. The molecule has 2 rings (SSSR count). The molecule has 2 aromatic rings. The van der Waals surface area contributed by atoms with E-state index in [2.05, 4.69) is 15.3 Å². The lowest BCUT2D eigenvalue weighted by Gasteiger charge is -2.16. The van der Waals surface area contributed by atoms with Gasteiger partial charge in [-0.2, -0.15) is 26.3 Å². The molecule has 27 heavy (non-hydrogen) atoms. The van der Waals surface area contributed by atoms with Gasteiger partial charge in [-0.1, -0.05) is 23.4 Å². The molecule has 0 radical (unpaired) electrons. The largest absolute Gasteiger partial charge is 0.433 e. The van der Waals surface area contributed by atoms with Crippen molar-refractivity contribution in [2.45, 2.75) is 29.7 Å². The van der Waals surface area contributed by atoms with Crippen molar-refractivity contribution in [1.29, 1.82) is 0 Å². The lowest BCUT2D eigenvalue weighted by Crippen LogP contribution is -2.24. The Morgan fingerprint density at radius 2 is 1.81 bits per heavy atom. The Labute approximate surface area is 158 Å². The third-order valence-corrected chi connectivity index (χ3v) is 4.33. The van der Waals surface area contributed by atoms with Crippen LogP contribution in [-0.2, 0) is 17.1 Å². The van der Waals surface area contributed by atoms with E-state index in [9.17, 15) is 31.1 Å². The highest BCUT2D eigenvalue weighted by Crippen LogP contribution is 2.37. The number of carbonyl (C=O) groups excluding carboxylic acids is 1. The van der Waals surface area contributed by atoms with E-state index >= 15 is 0 Å². The number of nitrogens with zero attached hydrogens (tertiary/aromatic N) is 2. The van der Waals surface area contributed by atoms with Gasteiger partial charge in [0, 0.05) is 11.2 Å². The second-order valence-corrected chi connectivity index (χ2v) is 6.90. The van der Waals surface area contributed by atoms with Crippen LogP contribution in [0.4, 0.5) is 32.0 Å². The second-order valence-electron chi connectivity index (χ2n) is 5.16. The third-order valence-electron chi connectivity index (χ3n) is 3.12. The number of hydrogen-bond donors (Lipinski definition) is 1. The van der Waals surface area contributed by atoms with Crippen LogP contribution in [0.1, 0.15) is 18.2 Å².